The summed E-state index contributed by atoms with van der Waals surface area (Å²) in [5, 5.41) is 19.2. The highest BCUT2D eigenvalue weighted by Crippen LogP contribution is 2.29. The van der Waals surface area contributed by atoms with Crippen molar-refractivity contribution in [1.82, 2.24) is 4.90 Å². The number of hydrogen-bond donors (Lipinski definition) is 2. The van der Waals surface area contributed by atoms with Crippen LogP contribution in [0.5, 0.6) is 0 Å². The average Bonchev–Trinajstić information content (AvgIpc) is 2.85. The predicted octanol–water partition coefficient (Wildman–Crippen LogP) is 1.77. The summed E-state index contributed by atoms with van der Waals surface area (Å²) < 4.78 is 0. The Hall–Kier alpha value is -0.120. The van der Waals surface area contributed by atoms with E-state index in [1.165, 1.54) is 38.5 Å². The number of aliphatic hydroxyl groups is 2. The van der Waals surface area contributed by atoms with E-state index in [1.54, 1.807) is 0 Å². The van der Waals surface area contributed by atoms with Crippen LogP contribution >= 0.6 is 0 Å². The van der Waals surface area contributed by atoms with Gasteiger partial charge < -0.3 is 10.2 Å². The van der Waals surface area contributed by atoms with E-state index in [9.17, 15) is 10.2 Å². The smallest absolute Gasteiger partial charge is 0.0580 e. The summed E-state index contributed by atoms with van der Waals surface area (Å²) in [5.41, 5.74) is 0. The standard InChI is InChI=1S/C14H27NO2/c16-10-9-15(13-6-2-3-7-13)11-12-5-1-4-8-14(12)17/h12-14,16-17H,1-11H2. The van der Waals surface area contributed by atoms with Crippen molar-refractivity contribution >= 4 is 0 Å². The van der Waals surface area contributed by atoms with Crippen molar-refractivity contribution in [3.8, 4) is 0 Å². The van der Waals surface area contributed by atoms with Crippen LogP contribution in [0.15, 0.2) is 0 Å². The molecule has 2 aliphatic rings. The minimum absolute atomic E-state index is 0.105. The van der Waals surface area contributed by atoms with E-state index in [1.807, 2.05) is 0 Å². The van der Waals surface area contributed by atoms with E-state index in [0.717, 1.165) is 25.9 Å². The lowest BCUT2D eigenvalue weighted by Gasteiger charge is -2.35. The molecular weight excluding hydrogens is 214 g/mol. The Labute approximate surface area is 105 Å². The fourth-order valence-electron chi connectivity index (χ4n) is 3.52. The molecule has 0 aromatic heterocycles. The molecular formula is C14H27NO2. The lowest BCUT2D eigenvalue weighted by atomic mass is 9.86. The molecule has 0 saturated heterocycles. The van der Waals surface area contributed by atoms with Crippen LogP contribution in [0.25, 0.3) is 0 Å². The molecule has 100 valence electrons. The maximum atomic E-state index is 10.0. The van der Waals surface area contributed by atoms with E-state index in [0.29, 0.717) is 12.0 Å². The third-order valence-corrected chi connectivity index (χ3v) is 4.57. The van der Waals surface area contributed by atoms with Gasteiger partial charge in [-0.3, -0.25) is 4.90 Å². The molecule has 0 bridgehead atoms. The molecule has 2 fully saturated rings. The quantitative estimate of drug-likeness (QED) is 0.771. The zero-order valence-corrected chi connectivity index (χ0v) is 10.9. The molecule has 2 saturated carbocycles. The summed E-state index contributed by atoms with van der Waals surface area (Å²) in [6, 6.07) is 0.663. The molecule has 0 aromatic carbocycles. The molecule has 2 aliphatic carbocycles. The first-order chi connectivity index (χ1) is 8.31. The van der Waals surface area contributed by atoms with Gasteiger partial charge in [-0.1, -0.05) is 25.7 Å². The van der Waals surface area contributed by atoms with Gasteiger partial charge >= 0.3 is 0 Å². The SMILES string of the molecule is OCCN(CC1CCCCC1O)C1CCCC1. The topological polar surface area (TPSA) is 43.7 Å². The van der Waals surface area contributed by atoms with Crippen molar-refractivity contribution in [2.75, 3.05) is 19.7 Å². The number of aliphatic hydroxyl groups excluding tert-OH is 2. The maximum Gasteiger partial charge on any atom is 0.0580 e. The Balaban J connectivity index is 1.86. The predicted molar refractivity (Wildman–Crippen MR) is 68.9 cm³/mol. The van der Waals surface area contributed by atoms with Crippen molar-refractivity contribution < 1.29 is 10.2 Å². The molecule has 2 atom stereocenters. The van der Waals surface area contributed by atoms with Gasteiger partial charge in [0.05, 0.1) is 12.7 Å². The molecule has 0 aromatic rings. The molecule has 0 heterocycles. The summed E-state index contributed by atoms with van der Waals surface area (Å²) in [6.45, 7) is 2.03. The zero-order valence-electron chi connectivity index (χ0n) is 10.9. The fraction of sp³-hybridized carbons (Fsp3) is 1.00. The summed E-state index contributed by atoms with van der Waals surface area (Å²) >= 11 is 0. The highest BCUT2D eigenvalue weighted by molar-refractivity contribution is 4.83. The summed E-state index contributed by atoms with van der Waals surface area (Å²) in [4.78, 5) is 2.44. The van der Waals surface area contributed by atoms with E-state index < -0.39 is 0 Å². The van der Waals surface area contributed by atoms with Crippen LogP contribution in [0.1, 0.15) is 51.4 Å². The zero-order chi connectivity index (χ0) is 12.1. The van der Waals surface area contributed by atoms with Crippen molar-refractivity contribution in [1.29, 1.82) is 0 Å². The molecule has 2 unspecified atom stereocenters. The number of nitrogens with zero attached hydrogens (tertiary/aromatic N) is 1. The van der Waals surface area contributed by atoms with Gasteiger partial charge in [-0.05, 0) is 31.6 Å². The van der Waals surface area contributed by atoms with Crippen molar-refractivity contribution in [3.05, 3.63) is 0 Å². The summed E-state index contributed by atoms with van der Waals surface area (Å²) in [5.74, 6) is 0.441. The highest BCUT2D eigenvalue weighted by Gasteiger charge is 2.29. The van der Waals surface area contributed by atoms with Crippen LogP contribution in [0, 0.1) is 5.92 Å². The number of rotatable bonds is 5. The highest BCUT2D eigenvalue weighted by atomic mass is 16.3. The monoisotopic (exact) mass is 241 g/mol. The van der Waals surface area contributed by atoms with E-state index in [2.05, 4.69) is 4.90 Å². The van der Waals surface area contributed by atoms with Crippen molar-refractivity contribution in [2.24, 2.45) is 5.92 Å². The second-order valence-electron chi connectivity index (χ2n) is 5.77. The fourth-order valence-corrected chi connectivity index (χ4v) is 3.52. The third kappa shape index (κ3) is 3.67. The van der Waals surface area contributed by atoms with E-state index in [-0.39, 0.29) is 12.7 Å². The van der Waals surface area contributed by atoms with Crippen LogP contribution in [0.2, 0.25) is 0 Å². The molecule has 0 aliphatic heterocycles. The minimum atomic E-state index is -0.105. The van der Waals surface area contributed by atoms with Gasteiger partial charge in [0.1, 0.15) is 0 Å². The van der Waals surface area contributed by atoms with Gasteiger partial charge in [0.2, 0.25) is 0 Å². The van der Waals surface area contributed by atoms with Crippen LogP contribution < -0.4 is 0 Å². The first-order valence-electron chi connectivity index (χ1n) is 7.34. The van der Waals surface area contributed by atoms with E-state index in [4.69, 9.17) is 0 Å². The third-order valence-electron chi connectivity index (χ3n) is 4.57. The summed E-state index contributed by atoms with van der Waals surface area (Å²) in [7, 11) is 0. The minimum Gasteiger partial charge on any atom is -0.395 e. The molecule has 3 nitrogen and oxygen atoms in total. The van der Waals surface area contributed by atoms with Gasteiger partial charge in [-0.25, -0.2) is 0 Å². The van der Waals surface area contributed by atoms with Crippen molar-refractivity contribution in [3.63, 3.8) is 0 Å². The number of hydrogen-bond acceptors (Lipinski definition) is 3. The van der Waals surface area contributed by atoms with Crippen LogP contribution in [-0.2, 0) is 0 Å². The van der Waals surface area contributed by atoms with Gasteiger partial charge in [-0.2, -0.15) is 0 Å². The van der Waals surface area contributed by atoms with Crippen LogP contribution in [-0.4, -0.2) is 47.0 Å². The Morgan fingerprint density at radius 3 is 2.24 bits per heavy atom. The van der Waals surface area contributed by atoms with Crippen LogP contribution in [0.3, 0.4) is 0 Å². The Bertz CT molecular complexity index is 216. The van der Waals surface area contributed by atoms with Crippen LogP contribution in [0.4, 0.5) is 0 Å². The maximum absolute atomic E-state index is 10.0. The molecule has 0 amide bonds. The Morgan fingerprint density at radius 2 is 1.59 bits per heavy atom. The van der Waals surface area contributed by atoms with Gasteiger partial charge in [0.15, 0.2) is 0 Å². The Kier molecular flexibility index (Phi) is 5.26. The molecule has 0 radical (unpaired) electrons. The largest absolute Gasteiger partial charge is 0.395 e. The molecule has 2 N–H and O–H groups in total. The second-order valence-corrected chi connectivity index (χ2v) is 5.77. The average molecular weight is 241 g/mol. The lowest BCUT2D eigenvalue weighted by Crippen LogP contribution is -2.42. The lowest BCUT2D eigenvalue weighted by molar-refractivity contribution is 0.0315. The molecule has 2 rings (SSSR count). The van der Waals surface area contributed by atoms with Gasteiger partial charge in [-0.15, -0.1) is 0 Å². The van der Waals surface area contributed by atoms with Gasteiger partial charge in [0, 0.05) is 19.1 Å². The van der Waals surface area contributed by atoms with Gasteiger partial charge in [0.25, 0.3) is 0 Å². The molecule has 0 spiro atoms. The Morgan fingerprint density at radius 1 is 0.941 bits per heavy atom. The second kappa shape index (κ2) is 6.72. The first-order valence-corrected chi connectivity index (χ1v) is 7.34. The first kappa shape index (κ1) is 13.3. The molecule has 17 heavy (non-hydrogen) atoms. The van der Waals surface area contributed by atoms with E-state index >= 15 is 0 Å². The van der Waals surface area contributed by atoms with Crippen molar-refractivity contribution in [2.45, 2.75) is 63.5 Å². The normalized spacial score (nSPS) is 31.2. The molecule has 3 heteroatoms. The summed E-state index contributed by atoms with van der Waals surface area (Å²) in [6.07, 6.45) is 9.70.